The van der Waals surface area contributed by atoms with Crippen LogP contribution >= 0.6 is 0 Å². The minimum Gasteiger partial charge on any atom is -0.448 e. The molecular formula is C20H49N7O5. The molecule has 0 unspecified atom stereocenters. The van der Waals surface area contributed by atoms with E-state index >= 15 is 0 Å². The number of alkyl carbamates (subject to hydrolysis) is 1. The molecule has 0 aromatic rings. The van der Waals surface area contributed by atoms with Gasteiger partial charge in [0, 0.05) is 0 Å². The normalized spacial score (nSPS) is 8.84. The topological polar surface area (TPSA) is 224 Å². The van der Waals surface area contributed by atoms with Gasteiger partial charge < -0.3 is 48.8 Å². The molecular weight excluding hydrogens is 418 g/mol. The van der Waals surface area contributed by atoms with Gasteiger partial charge in [0.05, 0.1) is 19.6 Å². The Morgan fingerprint density at radius 2 is 1.09 bits per heavy atom. The highest BCUT2D eigenvalue weighted by molar-refractivity contribution is 5.77. The third kappa shape index (κ3) is 51.0. The molecule has 0 heterocycles. The first-order valence-corrected chi connectivity index (χ1v) is 11.2. The Balaban J connectivity index is -0.000000212. The average Bonchev–Trinajstić information content (AvgIpc) is 2.77. The van der Waals surface area contributed by atoms with Crippen molar-refractivity contribution in [3.05, 3.63) is 0 Å². The van der Waals surface area contributed by atoms with Crippen LogP contribution in [0.4, 0.5) is 9.59 Å². The van der Waals surface area contributed by atoms with E-state index < -0.39 is 12.2 Å². The van der Waals surface area contributed by atoms with Gasteiger partial charge in [0.15, 0.2) is 0 Å². The lowest BCUT2D eigenvalue weighted by molar-refractivity contribution is -0.119. The summed E-state index contributed by atoms with van der Waals surface area (Å²) >= 11 is 0. The monoisotopic (exact) mass is 467 g/mol. The van der Waals surface area contributed by atoms with Crippen molar-refractivity contribution in [3.63, 3.8) is 0 Å². The fraction of sp³-hybridized carbons (Fsp3) is 0.850. The van der Waals surface area contributed by atoms with E-state index in [9.17, 15) is 14.4 Å². The smallest absolute Gasteiger partial charge is 0.407 e. The van der Waals surface area contributed by atoms with Crippen LogP contribution < -0.4 is 39.3 Å². The van der Waals surface area contributed by atoms with E-state index in [1.807, 2.05) is 0 Å². The molecule has 12 nitrogen and oxygen atoms in total. The highest BCUT2D eigenvalue weighted by Crippen LogP contribution is 1.79. The number of rotatable bonds is 13. The third-order valence-electron chi connectivity index (χ3n) is 3.13. The fourth-order valence-electron chi connectivity index (χ4n) is 1.37. The van der Waals surface area contributed by atoms with Gasteiger partial charge in [-0.15, -0.1) is 0 Å². The van der Waals surface area contributed by atoms with Crippen LogP contribution in [0.5, 0.6) is 0 Å². The maximum absolute atomic E-state index is 11.0. The van der Waals surface area contributed by atoms with Crippen LogP contribution in [-0.4, -0.2) is 70.6 Å². The lowest BCUT2D eigenvalue weighted by Crippen LogP contribution is -2.35. The molecule has 12 N–H and O–H groups in total. The van der Waals surface area contributed by atoms with Crippen LogP contribution in [0.1, 0.15) is 59.3 Å². The van der Waals surface area contributed by atoms with Crippen molar-refractivity contribution in [1.29, 1.82) is 0 Å². The molecule has 0 atom stereocenters. The van der Waals surface area contributed by atoms with E-state index in [2.05, 4.69) is 40.9 Å². The zero-order valence-electron chi connectivity index (χ0n) is 20.3. The van der Waals surface area contributed by atoms with Crippen molar-refractivity contribution < 1.29 is 23.9 Å². The van der Waals surface area contributed by atoms with Gasteiger partial charge in [-0.1, -0.05) is 40.0 Å². The summed E-state index contributed by atoms with van der Waals surface area (Å²) in [6.07, 6.45) is 5.56. The highest BCUT2D eigenvalue weighted by atomic mass is 16.6. The molecule has 0 aliphatic heterocycles. The van der Waals surface area contributed by atoms with Crippen molar-refractivity contribution >= 4 is 18.1 Å². The molecule has 0 spiro atoms. The summed E-state index contributed by atoms with van der Waals surface area (Å²) in [6, 6.07) is 0. The molecule has 32 heavy (non-hydrogen) atoms. The highest BCUT2D eigenvalue weighted by Gasteiger charge is 2.02. The molecule has 0 bridgehead atoms. The van der Waals surface area contributed by atoms with E-state index in [0.717, 1.165) is 19.6 Å². The Morgan fingerprint density at radius 3 is 1.41 bits per heavy atom. The number of hydrogen-bond donors (Lipinski definition) is 7. The van der Waals surface area contributed by atoms with Gasteiger partial charge in [0.1, 0.15) is 13.2 Å². The van der Waals surface area contributed by atoms with Gasteiger partial charge >= 0.3 is 12.2 Å². The largest absolute Gasteiger partial charge is 0.448 e. The Kier molecular flexibility index (Phi) is 42.1. The van der Waals surface area contributed by atoms with Crippen LogP contribution in [0.15, 0.2) is 0 Å². The zero-order chi connectivity index (χ0) is 25.5. The summed E-state index contributed by atoms with van der Waals surface area (Å²) in [6.45, 7) is 9.08. The van der Waals surface area contributed by atoms with Crippen molar-refractivity contribution in [1.82, 2.24) is 10.6 Å². The van der Waals surface area contributed by atoms with Gasteiger partial charge in [-0.25, -0.2) is 9.59 Å². The van der Waals surface area contributed by atoms with E-state index in [1.54, 1.807) is 0 Å². The Bertz CT molecular complexity index is 382. The first-order valence-electron chi connectivity index (χ1n) is 11.2. The maximum atomic E-state index is 11.0. The summed E-state index contributed by atoms with van der Waals surface area (Å²) in [5.74, 6) is -0.330. The molecule has 0 aliphatic rings. The Morgan fingerprint density at radius 1 is 0.688 bits per heavy atom. The van der Waals surface area contributed by atoms with Crippen molar-refractivity contribution in [2.24, 2.45) is 28.7 Å². The number of primary amides is 1. The number of unbranched alkanes of at least 4 members (excludes halogenated alkanes) is 3. The average molecular weight is 468 g/mol. The minimum atomic E-state index is -0.912. The lowest BCUT2D eigenvalue weighted by atomic mass is 10.3. The molecule has 0 rings (SSSR count). The van der Waals surface area contributed by atoms with Crippen LogP contribution in [0.25, 0.3) is 0 Å². The second kappa shape index (κ2) is 36.2. The van der Waals surface area contributed by atoms with E-state index in [4.69, 9.17) is 28.7 Å². The molecule has 0 fully saturated rings. The van der Waals surface area contributed by atoms with Crippen molar-refractivity contribution in [3.8, 4) is 0 Å². The first-order chi connectivity index (χ1) is 15.3. The van der Waals surface area contributed by atoms with Gasteiger partial charge in [-0.05, 0) is 38.9 Å². The second-order valence-electron chi connectivity index (χ2n) is 6.21. The third-order valence-corrected chi connectivity index (χ3v) is 3.13. The number of ether oxygens (including phenoxy) is 2. The van der Waals surface area contributed by atoms with Crippen molar-refractivity contribution in [2.45, 2.75) is 59.3 Å². The maximum Gasteiger partial charge on any atom is 0.407 e. The van der Waals surface area contributed by atoms with E-state index in [0.29, 0.717) is 0 Å². The number of hydrogen-bond acceptors (Lipinski definition) is 9. The summed E-state index contributed by atoms with van der Waals surface area (Å²) in [5.41, 5.74) is 25.1. The van der Waals surface area contributed by atoms with Gasteiger partial charge in [-0.2, -0.15) is 0 Å². The second-order valence-corrected chi connectivity index (χ2v) is 6.21. The molecule has 0 saturated heterocycles. The lowest BCUT2D eigenvalue weighted by Gasteiger charge is -2.07. The van der Waals surface area contributed by atoms with Crippen LogP contribution in [-0.2, 0) is 14.3 Å². The predicted octanol–water partition coefficient (Wildman–Crippen LogP) is 0.118. The molecule has 0 radical (unpaired) electrons. The Hall–Kier alpha value is -2.15. The predicted molar refractivity (Wildman–Crippen MR) is 129 cm³/mol. The summed E-state index contributed by atoms with van der Waals surface area (Å²) < 4.78 is 9.03. The van der Waals surface area contributed by atoms with E-state index in [-0.39, 0.29) is 38.8 Å². The minimum absolute atomic E-state index is 0.0221. The number of nitrogens with one attached hydrogen (secondary N) is 2. The first kappa shape index (κ1) is 37.2. The number of carbonyl (C=O) groups excluding carboxylic acids is 3. The number of amides is 3. The van der Waals surface area contributed by atoms with E-state index in [1.165, 1.54) is 38.5 Å². The molecule has 0 saturated carbocycles. The summed E-state index contributed by atoms with van der Waals surface area (Å²) in [7, 11) is 0. The fourth-order valence-corrected chi connectivity index (χ4v) is 1.37. The molecule has 0 aromatic carbocycles. The standard InChI is InChI=1S/C8H16N4O5.3C4H11N/c9-5-6(13)11-1-4-17-8(15)12-2-3-16-7(10)14;3*1-2-3-4-5/h1-5,9H2,(H2,10,14)(H,11,13)(H,12,15);3*2-5H2,1H3. The molecule has 12 heteroatoms. The number of nitrogens with two attached hydrogens (primary N) is 5. The van der Waals surface area contributed by atoms with Crippen LogP contribution in [0.2, 0.25) is 0 Å². The van der Waals surface area contributed by atoms with Gasteiger partial charge in [0.25, 0.3) is 0 Å². The van der Waals surface area contributed by atoms with Gasteiger partial charge in [-0.3, -0.25) is 4.79 Å². The van der Waals surface area contributed by atoms with Crippen LogP contribution in [0.3, 0.4) is 0 Å². The summed E-state index contributed by atoms with van der Waals surface area (Å²) in [5, 5.41) is 4.72. The summed E-state index contributed by atoms with van der Waals surface area (Å²) in [4.78, 5) is 31.8. The molecule has 3 amide bonds. The Labute approximate surface area is 193 Å². The van der Waals surface area contributed by atoms with Gasteiger partial charge in [0.2, 0.25) is 5.91 Å². The number of carbonyl (C=O) groups is 3. The molecule has 0 aromatic heterocycles. The molecule has 0 aliphatic carbocycles. The van der Waals surface area contributed by atoms with Crippen LogP contribution in [0, 0.1) is 0 Å². The van der Waals surface area contributed by atoms with Crippen molar-refractivity contribution in [2.75, 3.05) is 52.5 Å². The SMILES string of the molecule is CCCCN.CCCCN.CCCCN.NCC(=O)NCCOC(=O)NCCOC(N)=O. The molecule has 194 valence electrons. The quantitative estimate of drug-likeness (QED) is 0.182. The zero-order valence-corrected chi connectivity index (χ0v) is 20.3.